The average Bonchev–Trinajstić information content (AvgIpc) is 3.03. The molecule has 15 heteroatoms. The molecule has 2 aliphatic heterocycles. The third-order valence-electron chi connectivity index (χ3n) is 5.21. The Morgan fingerprint density at radius 3 is 1.89 bits per heavy atom. The Bertz CT molecular complexity index is 835. The molecule has 2 amide bonds. The first kappa shape index (κ1) is 29.4. The zero-order chi connectivity index (χ0) is 27.2. The van der Waals surface area contributed by atoms with E-state index in [9.17, 15) is 34.2 Å². The molecule has 0 aromatic carbocycles. The van der Waals surface area contributed by atoms with Crippen molar-refractivity contribution in [1.29, 1.82) is 0 Å². The first-order valence-corrected chi connectivity index (χ1v) is 11.1. The molecule has 0 aromatic rings. The largest absolute Gasteiger partial charge is 0.463 e. The molecule has 0 unspecified atom stereocenters. The highest BCUT2D eigenvalue weighted by Gasteiger charge is 2.53. The van der Waals surface area contributed by atoms with Gasteiger partial charge in [-0.3, -0.25) is 24.0 Å². The maximum absolute atomic E-state index is 11.9. The fourth-order valence-corrected chi connectivity index (χ4v) is 3.79. The minimum atomic E-state index is -1.58. The molecule has 36 heavy (non-hydrogen) atoms. The lowest BCUT2D eigenvalue weighted by molar-refractivity contribution is -0.287. The van der Waals surface area contributed by atoms with Crippen molar-refractivity contribution in [3.05, 3.63) is 0 Å². The van der Waals surface area contributed by atoms with Crippen LogP contribution in [0.4, 0.5) is 0 Å². The van der Waals surface area contributed by atoms with Crippen LogP contribution in [0.1, 0.15) is 34.6 Å². The minimum Gasteiger partial charge on any atom is -0.463 e. The van der Waals surface area contributed by atoms with Crippen LogP contribution >= 0.6 is 0 Å². The number of hydrogen-bond acceptors (Lipinski definition) is 13. The Labute approximate surface area is 206 Å². The molecule has 2 rings (SSSR count). The molecule has 4 N–H and O–H groups in total. The highest BCUT2D eigenvalue weighted by Crippen LogP contribution is 2.31. The number of ether oxygens (including phenoxy) is 6. The number of aliphatic hydroxyl groups excluding tert-OH is 2. The van der Waals surface area contributed by atoms with E-state index in [1.165, 1.54) is 13.8 Å². The van der Waals surface area contributed by atoms with Crippen LogP contribution in [0.3, 0.4) is 0 Å². The molecule has 9 atom stereocenters. The number of esters is 3. The van der Waals surface area contributed by atoms with E-state index in [2.05, 4.69) is 10.6 Å². The van der Waals surface area contributed by atoms with Crippen molar-refractivity contribution in [3.8, 4) is 0 Å². The molecule has 15 nitrogen and oxygen atoms in total. The number of carbonyl (C=O) groups is 5. The van der Waals surface area contributed by atoms with Crippen LogP contribution in [0.2, 0.25) is 0 Å². The summed E-state index contributed by atoms with van der Waals surface area (Å²) < 4.78 is 32.3. The van der Waals surface area contributed by atoms with Crippen molar-refractivity contribution >= 4 is 29.7 Å². The summed E-state index contributed by atoms with van der Waals surface area (Å²) in [5.41, 5.74) is 0. The molecule has 2 saturated heterocycles. The summed E-state index contributed by atoms with van der Waals surface area (Å²) in [6.07, 6.45) is -11.0. The Balaban J connectivity index is 2.34. The molecule has 0 bridgehead atoms. The van der Waals surface area contributed by atoms with Gasteiger partial charge >= 0.3 is 17.9 Å². The lowest BCUT2D eigenvalue weighted by Gasteiger charge is -2.45. The van der Waals surface area contributed by atoms with Gasteiger partial charge in [-0.2, -0.15) is 0 Å². The second-order valence-electron chi connectivity index (χ2n) is 8.32. The predicted molar refractivity (Wildman–Crippen MR) is 114 cm³/mol. The second-order valence-corrected chi connectivity index (χ2v) is 8.32. The van der Waals surface area contributed by atoms with Gasteiger partial charge in [-0.05, 0) is 0 Å². The van der Waals surface area contributed by atoms with Crippen LogP contribution in [-0.2, 0) is 52.4 Å². The van der Waals surface area contributed by atoms with Crippen LogP contribution in [-0.4, -0.2) is 108 Å². The molecule has 0 radical (unpaired) electrons. The Morgan fingerprint density at radius 2 is 1.36 bits per heavy atom. The van der Waals surface area contributed by atoms with Gasteiger partial charge in [-0.25, -0.2) is 0 Å². The van der Waals surface area contributed by atoms with Gasteiger partial charge in [0.25, 0.3) is 0 Å². The average molecular weight is 520 g/mol. The molecule has 204 valence electrons. The number of carbonyl (C=O) groups excluding carboxylic acids is 5. The van der Waals surface area contributed by atoms with Gasteiger partial charge < -0.3 is 49.3 Å². The summed E-state index contributed by atoms with van der Waals surface area (Å²) in [4.78, 5) is 57.6. The zero-order valence-electron chi connectivity index (χ0n) is 20.5. The Hall–Kier alpha value is -2.85. The number of aliphatic hydroxyl groups is 2. The van der Waals surface area contributed by atoms with E-state index in [-0.39, 0.29) is 13.2 Å². The highest BCUT2D eigenvalue weighted by atomic mass is 16.8. The van der Waals surface area contributed by atoms with Crippen molar-refractivity contribution < 1.29 is 62.6 Å². The number of amides is 2. The maximum atomic E-state index is 11.9. The molecule has 0 aromatic heterocycles. The Morgan fingerprint density at radius 1 is 0.750 bits per heavy atom. The lowest BCUT2D eigenvalue weighted by atomic mass is 9.95. The van der Waals surface area contributed by atoms with Crippen molar-refractivity contribution in [2.75, 3.05) is 13.2 Å². The van der Waals surface area contributed by atoms with E-state index in [0.29, 0.717) is 0 Å². The summed E-state index contributed by atoms with van der Waals surface area (Å²) >= 11 is 0. The van der Waals surface area contributed by atoms with Crippen LogP contribution in [0.15, 0.2) is 0 Å². The Kier molecular flexibility index (Phi) is 10.5. The van der Waals surface area contributed by atoms with Crippen molar-refractivity contribution in [2.24, 2.45) is 0 Å². The fourth-order valence-electron chi connectivity index (χ4n) is 3.79. The van der Waals surface area contributed by atoms with Crippen LogP contribution in [0, 0.1) is 0 Å². The van der Waals surface area contributed by atoms with Gasteiger partial charge in [0.15, 0.2) is 12.4 Å². The second kappa shape index (κ2) is 12.9. The third-order valence-corrected chi connectivity index (χ3v) is 5.21. The zero-order valence-corrected chi connectivity index (χ0v) is 20.5. The summed E-state index contributed by atoms with van der Waals surface area (Å²) in [6.45, 7) is 5.19. The maximum Gasteiger partial charge on any atom is 0.305 e. The molecule has 2 fully saturated rings. The summed E-state index contributed by atoms with van der Waals surface area (Å²) in [5.74, 6) is -3.17. The summed E-state index contributed by atoms with van der Waals surface area (Å²) in [7, 11) is 0. The lowest BCUT2D eigenvalue weighted by Crippen LogP contribution is -2.67. The fraction of sp³-hybridized carbons (Fsp3) is 0.762. The molecule has 2 aliphatic rings. The van der Waals surface area contributed by atoms with E-state index in [4.69, 9.17) is 28.4 Å². The van der Waals surface area contributed by atoms with E-state index in [0.717, 1.165) is 20.8 Å². The standard InChI is InChI=1S/C21H32N2O13/c1-8(24)22-6-13-18(32-11(4)27)16(29)15(23-9(2)25)20(34-13)36-19-14(7-31-10(3)26)35-21(17(19)30)33-12(5)28/h13-21,29-30H,6-7H2,1-5H3,(H,22,24)(H,23,25)/t13-,14+,15+,16+,17+,18+,19+,20+,21-/m0/s1. The molecule has 0 aliphatic carbocycles. The van der Waals surface area contributed by atoms with Gasteiger partial charge in [0, 0.05) is 41.2 Å². The van der Waals surface area contributed by atoms with Gasteiger partial charge in [0.05, 0.1) is 0 Å². The number of rotatable bonds is 9. The summed E-state index contributed by atoms with van der Waals surface area (Å²) in [5, 5.41) is 26.6. The molecule has 0 spiro atoms. The van der Waals surface area contributed by atoms with E-state index in [1.54, 1.807) is 0 Å². The first-order chi connectivity index (χ1) is 16.8. The molecule has 2 heterocycles. The van der Waals surface area contributed by atoms with Gasteiger partial charge in [-0.15, -0.1) is 0 Å². The van der Waals surface area contributed by atoms with Crippen molar-refractivity contribution in [3.63, 3.8) is 0 Å². The number of nitrogens with one attached hydrogen (secondary N) is 2. The van der Waals surface area contributed by atoms with E-state index >= 15 is 0 Å². The van der Waals surface area contributed by atoms with Crippen molar-refractivity contribution in [2.45, 2.75) is 89.9 Å². The molecule has 0 saturated carbocycles. The van der Waals surface area contributed by atoms with E-state index < -0.39 is 85.0 Å². The van der Waals surface area contributed by atoms with Crippen LogP contribution < -0.4 is 10.6 Å². The summed E-state index contributed by atoms with van der Waals surface area (Å²) in [6, 6.07) is -1.31. The quantitative estimate of drug-likeness (QED) is 0.180. The predicted octanol–water partition coefficient (Wildman–Crippen LogP) is -2.76. The minimum absolute atomic E-state index is 0.201. The van der Waals surface area contributed by atoms with Crippen LogP contribution in [0.25, 0.3) is 0 Å². The normalized spacial score (nSPS) is 33.8. The van der Waals surface area contributed by atoms with Gasteiger partial charge in [-0.1, -0.05) is 0 Å². The first-order valence-electron chi connectivity index (χ1n) is 11.1. The SMILES string of the molecule is CC(=O)NC[C@@H]1O[C@H](O[C@H]2[C@@H](O)[C@@H](OC(C)=O)O[C@@H]2COC(C)=O)[C@H](NC(C)=O)[C@@H](O)[C@@H]1OC(C)=O. The van der Waals surface area contributed by atoms with Gasteiger partial charge in [0.1, 0.15) is 43.2 Å². The molecular formula is C21H32N2O13. The topological polar surface area (TPSA) is 205 Å². The molecular weight excluding hydrogens is 488 g/mol. The van der Waals surface area contributed by atoms with E-state index in [1.807, 2.05) is 0 Å². The van der Waals surface area contributed by atoms with Crippen LogP contribution in [0.5, 0.6) is 0 Å². The third kappa shape index (κ3) is 8.09. The monoisotopic (exact) mass is 520 g/mol. The highest BCUT2D eigenvalue weighted by molar-refractivity contribution is 5.73. The van der Waals surface area contributed by atoms with Crippen molar-refractivity contribution in [1.82, 2.24) is 10.6 Å². The smallest absolute Gasteiger partial charge is 0.305 e. The number of hydrogen-bond donors (Lipinski definition) is 4. The van der Waals surface area contributed by atoms with Gasteiger partial charge in [0.2, 0.25) is 18.1 Å².